The lowest BCUT2D eigenvalue weighted by Crippen LogP contribution is -2.40. The van der Waals surface area contributed by atoms with E-state index in [4.69, 9.17) is 28.9 Å². The number of hydrogen-bond acceptors (Lipinski definition) is 4. The van der Waals surface area contributed by atoms with Crippen LogP contribution in [0.25, 0.3) is 5.69 Å². The quantitative estimate of drug-likeness (QED) is 0.834. The zero-order valence-electron chi connectivity index (χ0n) is 15.4. The predicted octanol–water partition coefficient (Wildman–Crippen LogP) is 4.45. The molecule has 1 aromatic heterocycles. The maximum Gasteiger partial charge on any atom is 0.264 e. The van der Waals surface area contributed by atoms with Crippen LogP contribution in [0, 0.1) is 12.3 Å². The maximum absolute atomic E-state index is 13.0. The van der Waals surface area contributed by atoms with E-state index in [1.54, 1.807) is 25.1 Å². The summed E-state index contributed by atoms with van der Waals surface area (Å²) >= 11 is 12.4. The smallest absolute Gasteiger partial charge is 0.264 e. The van der Waals surface area contributed by atoms with Gasteiger partial charge in [0, 0.05) is 13.1 Å². The van der Waals surface area contributed by atoms with Crippen molar-refractivity contribution in [3.63, 3.8) is 0 Å². The first-order valence-electron chi connectivity index (χ1n) is 8.86. The Morgan fingerprint density at radius 3 is 2.54 bits per heavy atom. The Balaban J connectivity index is 2.02. The summed E-state index contributed by atoms with van der Waals surface area (Å²) in [5.74, 6) is 0.781. The van der Waals surface area contributed by atoms with Gasteiger partial charge in [-0.15, -0.1) is 0 Å². The molecule has 1 saturated heterocycles. The fourth-order valence-electron chi connectivity index (χ4n) is 3.43. The summed E-state index contributed by atoms with van der Waals surface area (Å²) in [6.45, 7) is 8.08. The Hall–Kier alpha value is -1.72. The zero-order valence-corrected chi connectivity index (χ0v) is 16.9. The zero-order chi connectivity index (χ0) is 19.1. The Labute approximate surface area is 163 Å². The number of nitrogens with two attached hydrogens (primary N) is 1. The van der Waals surface area contributed by atoms with Gasteiger partial charge in [0.15, 0.2) is 0 Å². The molecule has 0 bridgehead atoms. The van der Waals surface area contributed by atoms with Crippen LogP contribution in [-0.2, 0) is 0 Å². The van der Waals surface area contributed by atoms with E-state index in [2.05, 4.69) is 23.7 Å². The van der Waals surface area contributed by atoms with Gasteiger partial charge in [0.05, 0.1) is 21.3 Å². The molecule has 0 saturated carbocycles. The van der Waals surface area contributed by atoms with Crippen molar-refractivity contribution >= 4 is 35.0 Å². The van der Waals surface area contributed by atoms with Crippen molar-refractivity contribution < 1.29 is 0 Å². The lowest BCUT2D eigenvalue weighted by molar-refractivity contribution is 0.237. The van der Waals surface area contributed by atoms with Gasteiger partial charge in [-0.2, -0.15) is 4.98 Å². The van der Waals surface area contributed by atoms with Crippen molar-refractivity contribution in [3.8, 4) is 5.69 Å². The molecule has 1 aliphatic heterocycles. The van der Waals surface area contributed by atoms with Gasteiger partial charge in [-0.25, -0.2) is 4.57 Å². The fourth-order valence-corrected chi connectivity index (χ4v) is 3.81. The first-order valence-corrected chi connectivity index (χ1v) is 9.61. The van der Waals surface area contributed by atoms with Crippen molar-refractivity contribution in [2.24, 2.45) is 5.41 Å². The van der Waals surface area contributed by atoms with E-state index in [9.17, 15) is 4.79 Å². The van der Waals surface area contributed by atoms with Gasteiger partial charge in [0.25, 0.3) is 5.56 Å². The number of nitrogens with zero attached hydrogens (tertiary/aromatic N) is 3. The van der Waals surface area contributed by atoms with E-state index in [-0.39, 0.29) is 16.5 Å². The second-order valence-corrected chi connectivity index (χ2v) is 8.07. The average Bonchev–Trinajstić information content (AvgIpc) is 2.62. The number of anilines is 2. The molecule has 0 aliphatic carbocycles. The molecule has 0 unspecified atom stereocenters. The van der Waals surface area contributed by atoms with Crippen LogP contribution < -0.4 is 16.2 Å². The lowest BCUT2D eigenvalue weighted by Gasteiger charge is -2.40. The Kier molecular flexibility index (Phi) is 5.22. The van der Waals surface area contributed by atoms with Crippen LogP contribution in [0.3, 0.4) is 0 Å². The molecule has 0 atom stereocenters. The number of hydrogen-bond donors (Lipinski definition) is 1. The van der Waals surface area contributed by atoms with Crippen LogP contribution in [0.5, 0.6) is 0 Å². The summed E-state index contributed by atoms with van der Waals surface area (Å²) in [5.41, 5.74) is 7.30. The molecule has 7 heteroatoms. The molecule has 3 rings (SSSR count). The van der Waals surface area contributed by atoms with Gasteiger partial charge < -0.3 is 10.6 Å². The topological polar surface area (TPSA) is 64.2 Å². The first-order chi connectivity index (χ1) is 12.3. The van der Waals surface area contributed by atoms with Crippen molar-refractivity contribution in [3.05, 3.63) is 44.2 Å². The molecule has 26 heavy (non-hydrogen) atoms. The highest BCUT2D eigenvalue weighted by atomic mass is 35.5. The molecule has 2 aromatic rings. The predicted molar refractivity (Wildman–Crippen MR) is 109 cm³/mol. The fraction of sp³-hybridized carbons (Fsp3) is 0.474. The van der Waals surface area contributed by atoms with Crippen molar-refractivity contribution in [1.29, 1.82) is 0 Å². The number of nitrogen functional groups attached to an aromatic ring is 1. The summed E-state index contributed by atoms with van der Waals surface area (Å²) < 4.78 is 1.33. The molecule has 0 spiro atoms. The van der Waals surface area contributed by atoms with Crippen LogP contribution in [0.4, 0.5) is 11.8 Å². The molecule has 1 aliphatic rings. The molecule has 1 fully saturated rings. The summed E-state index contributed by atoms with van der Waals surface area (Å²) in [6, 6.07) is 5.11. The van der Waals surface area contributed by atoms with Gasteiger partial charge in [-0.1, -0.05) is 49.5 Å². The second-order valence-electron chi connectivity index (χ2n) is 7.28. The first kappa shape index (κ1) is 19.1. The third kappa shape index (κ3) is 3.30. The van der Waals surface area contributed by atoms with Crippen LogP contribution in [0.1, 0.15) is 38.7 Å². The number of rotatable bonds is 3. The minimum atomic E-state index is -0.222. The Bertz CT molecular complexity index is 886. The van der Waals surface area contributed by atoms with Gasteiger partial charge in [0.1, 0.15) is 5.82 Å². The highest BCUT2D eigenvalue weighted by molar-refractivity contribution is 6.43. The molecular formula is C19H24Cl2N4O. The van der Waals surface area contributed by atoms with Crippen molar-refractivity contribution in [2.75, 3.05) is 23.7 Å². The normalized spacial score (nSPS) is 16.7. The van der Waals surface area contributed by atoms with E-state index < -0.39 is 0 Å². The summed E-state index contributed by atoms with van der Waals surface area (Å²) in [4.78, 5) is 19.7. The minimum absolute atomic E-state index is 0.114. The molecule has 0 radical (unpaired) electrons. The summed E-state index contributed by atoms with van der Waals surface area (Å²) in [5, 5.41) is 0.653. The molecule has 5 nitrogen and oxygen atoms in total. The van der Waals surface area contributed by atoms with Crippen LogP contribution in [0.2, 0.25) is 10.0 Å². The number of benzene rings is 1. The van der Waals surface area contributed by atoms with E-state index in [0.717, 1.165) is 32.4 Å². The lowest BCUT2D eigenvalue weighted by atomic mass is 9.78. The molecular weight excluding hydrogens is 371 g/mol. The average molecular weight is 395 g/mol. The van der Waals surface area contributed by atoms with E-state index in [1.807, 2.05) is 0 Å². The molecule has 2 N–H and O–H groups in total. The van der Waals surface area contributed by atoms with Crippen LogP contribution in [0.15, 0.2) is 23.0 Å². The van der Waals surface area contributed by atoms with Crippen LogP contribution >= 0.6 is 23.2 Å². The third-order valence-corrected chi connectivity index (χ3v) is 6.41. The van der Waals surface area contributed by atoms with Gasteiger partial charge >= 0.3 is 0 Å². The third-order valence-electron chi connectivity index (χ3n) is 5.60. The number of halogens is 2. The number of aromatic nitrogens is 2. The van der Waals surface area contributed by atoms with Gasteiger partial charge in [-0.3, -0.25) is 4.79 Å². The summed E-state index contributed by atoms with van der Waals surface area (Å²) in [7, 11) is 0. The van der Waals surface area contributed by atoms with E-state index in [0.29, 0.717) is 27.5 Å². The monoisotopic (exact) mass is 394 g/mol. The SMILES string of the molecule is CCC1(C)CCN(c2nc(N)n(-c3cccc(Cl)c3Cl)c(=O)c2C)CC1. The largest absolute Gasteiger partial charge is 0.369 e. The van der Waals surface area contributed by atoms with Gasteiger partial charge in [-0.05, 0) is 37.3 Å². The number of piperidine rings is 1. The Morgan fingerprint density at radius 1 is 1.27 bits per heavy atom. The standard InChI is InChI=1S/C19H24Cl2N4O/c1-4-19(3)8-10-24(11-9-19)16-12(2)17(26)25(18(22)23-16)14-7-5-6-13(20)15(14)21/h5-7H,4,8-11H2,1-3H3,(H2,22,23). The molecule has 0 amide bonds. The molecule has 140 valence electrons. The van der Waals surface area contributed by atoms with E-state index in [1.165, 1.54) is 4.57 Å². The van der Waals surface area contributed by atoms with Crippen molar-refractivity contribution in [2.45, 2.75) is 40.0 Å². The molecule has 1 aromatic carbocycles. The highest BCUT2D eigenvalue weighted by Gasteiger charge is 2.30. The molecule has 2 heterocycles. The highest BCUT2D eigenvalue weighted by Crippen LogP contribution is 2.36. The van der Waals surface area contributed by atoms with Crippen LogP contribution in [-0.4, -0.2) is 22.6 Å². The maximum atomic E-state index is 13.0. The minimum Gasteiger partial charge on any atom is -0.369 e. The Morgan fingerprint density at radius 2 is 1.92 bits per heavy atom. The van der Waals surface area contributed by atoms with Gasteiger partial charge in [0.2, 0.25) is 5.95 Å². The van der Waals surface area contributed by atoms with E-state index >= 15 is 0 Å². The summed E-state index contributed by atoms with van der Waals surface area (Å²) in [6.07, 6.45) is 3.31. The van der Waals surface area contributed by atoms with Crippen molar-refractivity contribution in [1.82, 2.24) is 9.55 Å². The second kappa shape index (κ2) is 7.12.